The molecule has 1 aliphatic rings. The molecule has 0 amide bonds. The highest BCUT2D eigenvalue weighted by atomic mass is 16.8. The van der Waals surface area contributed by atoms with Gasteiger partial charge in [-0.1, -0.05) is 0 Å². The molecule has 1 radical (unpaired) electrons. The molecule has 1 heterocycles. The molecule has 1 fully saturated rings. The minimum Gasteiger partial charge on any atom is -0.399 e. The topological polar surface area (TPSA) is 64.7 Å². The van der Waals surface area contributed by atoms with Gasteiger partial charge >= 0.3 is 6.16 Å². The number of carbonyl (C=O) groups is 1. The summed E-state index contributed by atoms with van der Waals surface area (Å²) in [7, 11) is 0. The van der Waals surface area contributed by atoms with E-state index in [-0.39, 0.29) is 6.61 Å². The largest absolute Gasteiger partial charge is 0.552 e. The second-order valence-electron chi connectivity index (χ2n) is 1.74. The van der Waals surface area contributed by atoms with Gasteiger partial charge in [0.15, 0.2) is 0 Å². The van der Waals surface area contributed by atoms with E-state index in [4.69, 9.17) is 9.47 Å². The van der Waals surface area contributed by atoms with Crippen molar-refractivity contribution in [3.05, 3.63) is 0 Å². The van der Waals surface area contributed by atoms with Gasteiger partial charge in [0.25, 0.3) is 0 Å². The first-order valence-electron chi connectivity index (χ1n) is 2.86. The second-order valence-corrected chi connectivity index (χ2v) is 1.74. The van der Waals surface area contributed by atoms with Crippen molar-refractivity contribution < 1.29 is 24.1 Å². The molecular formula is C5H7O5. The molecular weight excluding hydrogens is 140 g/mol. The first-order chi connectivity index (χ1) is 4.79. The molecule has 0 aliphatic carbocycles. The third-order valence-electron chi connectivity index (χ3n) is 1.01. The lowest BCUT2D eigenvalue weighted by molar-refractivity contribution is -0.193. The number of hydrogen-bond acceptors (Lipinski definition) is 4. The molecule has 0 N–H and O–H groups in total. The summed E-state index contributed by atoms with van der Waals surface area (Å²) in [6, 6.07) is 0. The van der Waals surface area contributed by atoms with Gasteiger partial charge < -0.3 is 14.2 Å². The Morgan fingerprint density at radius 3 is 2.80 bits per heavy atom. The van der Waals surface area contributed by atoms with E-state index < -0.39 is 12.4 Å². The molecule has 5 nitrogen and oxygen atoms in total. The van der Waals surface area contributed by atoms with Crippen molar-refractivity contribution in [1.29, 1.82) is 0 Å². The first-order valence-corrected chi connectivity index (χ1v) is 2.86. The average molecular weight is 147 g/mol. The molecule has 0 aromatic heterocycles. The van der Waals surface area contributed by atoms with Crippen LogP contribution >= 0.6 is 0 Å². The van der Waals surface area contributed by atoms with E-state index in [0.29, 0.717) is 13.2 Å². The summed E-state index contributed by atoms with van der Waals surface area (Å²) >= 11 is 0. The van der Waals surface area contributed by atoms with Crippen LogP contribution in [-0.4, -0.2) is 32.3 Å². The van der Waals surface area contributed by atoms with Crippen LogP contribution in [0.5, 0.6) is 0 Å². The fraction of sp³-hybridized carbons (Fsp3) is 0.800. The van der Waals surface area contributed by atoms with Crippen LogP contribution < -0.4 is 0 Å². The molecule has 1 atom stereocenters. The van der Waals surface area contributed by atoms with Gasteiger partial charge in [0.1, 0.15) is 6.61 Å². The minimum atomic E-state index is -1.59. The van der Waals surface area contributed by atoms with Gasteiger partial charge in [0, 0.05) is 0 Å². The van der Waals surface area contributed by atoms with Crippen LogP contribution in [0, 0.1) is 0 Å². The molecule has 1 unspecified atom stereocenters. The number of ether oxygens (including phenoxy) is 3. The monoisotopic (exact) mass is 147 g/mol. The molecule has 1 rings (SSSR count). The predicted octanol–water partition coefficient (Wildman–Crippen LogP) is -0.0736. The maximum absolute atomic E-state index is 9.80. The van der Waals surface area contributed by atoms with E-state index >= 15 is 0 Å². The van der Waals surface area contributed by atoms with Crippen molar-refractivity contribution in [2.75, 3.05) is 19.8 Å². The summed E-state index contributed by atoms with van der Waals surface area (Å²) in [5.74, 6) is 0. The summed E-state index contributed by atoms with van der Waals surface area (Å²) in [5.41, 5.74) is 0. The van der Waals surface area contributed by atoms with E-state index in [1.165, 1.54) is 0 Å². The van der Waals surface area contributed by atoms with E-state index in [0.717, 1.165) is 0 Å². The zero-order chi connectivity index (χ0) is 7.40. The fourth-order valence-corrected chi connectivity index (χ4v) is 0.642. The lowest BCUT2D eigenvalue weighted by Gasteiger charge is -2.20. The predicted molar refractivity (Wildman–Crippen MR) is 27.7 cm³/mol. The summed E-state index contributed by atoms with van der Waals surface area (Å²) in [5, 5.41) is 9.80. The fourth-order valence-electron chi connectivity index (χ4n) is 0.642. The van der Waals surface area contributed by atoms with Gasteiger partial charge in [-0.3, -0.25) is 0 Å². The Balaban J connectivity index is 2.19. The standard InChI is InChI=1S/C5H7O5/c6-5(7)10-4-3-8-1-2-9-4/h4H,1-3H2. The van der Waals surface area contributed by atoms with Crippen LogP contribution in [-0.2, 0) is 19.3 Å². The molecule has 57 valence electrons. The maximum atomic E-state index is 9.80. The van der Waals surface area contributed by atoms with Gasteiger partial charge in [-0.25, -0.2) is 0 Å². The smallest absolute Gasteiger partial charge is 0.399 e. The van der Waals surface area contributed by atoms with Crippen molar-refractivity contribution in [3.63, 3.8) is 0 Å². The molecule has 0 bridgehead atoms. The SMILES string of the molecule is [O]C(=O)OC1COCCO1. The van der Waals surface area contributed by atoms with Crippen LogP contribution in [0.3, 0.4) is 0 Å². The lowest BCUT2D eigenvalue weighted by Crippen LogP contribution is -2.32. The Morgan fingerprint density at radius 1 is 1.50 bits per heavy atom. The third-order valence-corrected chi connectivity index (χ3v) is 1.01. The molecule has 1 saturated heterocycles. The summed E-state index contributed by atoms with van der Waals surface area (Å²) in [6.07, 6.45) is -2.39. The quantitative estimate of drug-likeness (QED) is 0.487. The average Bonchev–Trinajstić information content (AvgIpc) is 1.88. The number of carbonyl (C=O) groups excluding carboxylic acids is 1. The van der Waals surface area contributed by atoms with Gasteiger partial charge in [0.2, 0.25) is 6.29 Å². The van der Waals surface area contributed by atoms with Gasteiger partial charge in [-0.15, -0.1) is 0 Å². The summed E-state index contributed by atoms with van der Waals surface area (Å²) < 4.78 is 13.8. The molecule has 0 saturated carbocycles. The van der Waals surface area contributed by atoms with Gasteiger partial charge in [-0.2, -0.15) is 9.90 Å². The maximum Gasteiger partial charge on any atom is 0.552 e. The first kappa shape index (κ1) is 7.30. The lowest BCUT2D eigenvalue weighted by atomic mass is 10.6. The second kappa shape index (κ2) is 3.38. The van der Waals surface area contributed by atoms with Crippen molar-refractivity contribution in [2.45, 2.75) is 6.29 Å². The minimum absolute atomic E-state index is 0.147. The van der Waals surface area contributed by atoms with Crippen molar-refractivity contribution in [3.8, 4) is 0 Å². The van der Waals surface area contributed by atoms with Crippen molar-refractivity contribution >= 4 is 6.16 Å². The normalized spacial score (nSPS) is 25.8. The van der Waals surface area contributed by atoms with Crippen LogP contribution in [0.1, 0.15) is 0 Å². The van der Waals surface area contributed by atoms with Crippen LogP contribution in [0.2, 0.25) is 0 Å². The van der Waals surface area contributed by atoms with E-state index in [1.807, 2.05) is 0 Å². The van der Waals surface area contributed by atoms with Crippen molar-refractivity contribution in [1.82, 2.24) is 0 Å². The number of rotatable bonds is 1. The highest BCUT2D eigenvalue weighted by Gasteiger charge is 2.18. The zero-order valence-corrected chi connectivity index (χ0v) is 5.24. The highest BCUT2D eigenvalue weighted by molar-refractivity contribution is 5.56. The Morgan fingerprint density at radius 2 is 2.30 bits per heavy atom. The highest BCUT2D eigenvalue weighted by Crippen LogP contribution is 2.01. The zero-order valence-electron chi connectivity index (χ0n) is 5.24. The Kier molecular flexibility index (Phi) is 2.47. The molecule has 5 heteroatoms. The van der Waals surface area contributed by atoms with E-state index in [9.17, 15) is 9.90 Å². The third kappa shape index (κ3) is 2.20. The summed E-state index contributed by atoms with van der Waals surface area (Å²) in [6.45, 7) is 0.985. The van der Waals surface area contributed by atoms with E-state index in [2.05, 4.69) is 4.74 Å². The van der Waals surface area contributed by atoms with Gasteiger partial charge in [0.05, 0.1) is 13.2 Å². The number of hydrogen-bond donors (Lipinski definition) is 0. The molecule has 0 spiro atoms. The van der Waals surface area contributed by atoms with Crippen LogP contribution in [0.25, 0.3) is 0 Å². The Labute approximate surface area is 57.5 Å². The van der Waals surface area contributed by atoms with Gasteiger partial charge in [-0.05, 0) is 0 Å². The van der Waals surface area contributed by atoms with Crippen LogP contribution in [0.15, 0.2) is 0 Å². The molecule has 0 aromatic rings. The molecule has 10 heavy (non-hydrogen) atoms. The van der Waals surface area contributed by atoms with Crippen molar-refractivity contribution in [2.24, 2.45) is 0 Å². The molecule has 0 aromatic carbocycles. The summed E-state index contributed by atoms with van der Waals surface area (Å²) in [4.78, 5) is 9.80. The Hall–Kier alpha value is -0.810. The molecule has 1 aliphatic heterocycles. The Bertz CT molecular complexity index is 117. The van der Waals surface area contributed by atoms with E-state index in [1.54, 1.807) is 0 Å². The van der Waals surface area contributed by atoms with Crippen LogP contribution in [0.4, 0.5) is 4.79 Å².